The Kier molecular flexibility index (Phi) is 8.62. The van der Waals surface area contributed by atoms with E-state index in [0.29, 0.717) is 43.2 Å². The van der Waals surface area contributed by atoms with Gasteiger partial charge in [0, 0.05) is 36.7 Å². The van der Waals surface area contributed by atoms with E-state index in [1.54, 1.807) is 19.1 Å². The molecule has 12 heteroatoms. The van der Waals surface area contributed by atoms with E-state index in [1.807, 2.05) is 22.8 Å². The molecule has 1 aliphatic heterocycles. The molecule has 0 bridgehead atoms. The average Bonchev–Trinajstić information content (AvgIpc) is 2.83. The number of rotatable bonds is 6. The monoisotopic (exact) mass is 564 g/mol. The molecule has 186 valence electrons. The summed E-state index contributed by atoms with van der Waals surface area (Å²) in [4.78, 5) is 39.7. The van der Waals surface area contributed by atoms with Crippen molar-refractivity contribution in [3.05, 3.63) is 61.6 Å². The lowest BCUT2D eigenvalue weighted by molar-refractivity contribution is -0.384. The summed E-state index contributed by atoms with van der Waals surface area (Å²) in [5.74, 6) is -0.522. The van der Waals surface area contributed by atoms with Gasteiger partial charge in [-0.05, 0) is 55.9 Å². The highest BCUT2D eigenvalue weighted by Gasteiger charge is 2.27. The Labute approximate surface area is 216 Å². The molecule has 1 fully saturated rings. The molecule has 0 radical (unpaired) electrons. The van der Waals surface area contributed by atoms with Crippen LogP contribution in [0.15, 0.2) is 34.8 Å². The summed E-state index contributed by atoms with van der Waals surface area (Å²) >= 11 is 8.85. The number of amides is 1. The molecule has 10 nitrogen and oxygen atoms in total. The van der Waals surface area contributed by atoms with Crippen LogP contribution in [0, 0.1) is 17.0 Å². The standard InChI is InChI=1S/C23H25BrN4O6S/c1-4-34-22(30)15-5-6-18(19(12-15)28(31)32)26-7-9-27(10-8-26)23(35)25-21(29)17-13-16(24)11-14(2)20(17)33-3/h5-6,11-13H,4,7-10H2,1-3H3,(H,25,29,35). The Morgan fingerprint density at radius 3 is 2.49 bits per heavy atom. The number of nitro benzene ring substituents is 1. The fourth-order valence-corrected chi connectivity index (χ4v) is 4.69. The second-order valence-electron chi connectivity index (χ2n) is 7.72. The van der Waals surface area contributed by atoms with Crippen molar-refractivity contribution in [2.45, 2.75) is 13.8 Å². The van der Waals surface area contributed by atoms with Crippen LogP contribution in [0.25, 0.3) is 0 Å². The number of nitrogens with one attached hydrogen (secondary N) is 1. The number of nitrogens with zero attached hydrogens (tertiary/aromatic N) is 3. The minimum Gasteiger partial charge on any atom is -0.496 e. The Hall–Kier alpha value is -3.25. The van der Waals surface area contributed by atoms with Gasteiger partial charge in [-0.25, -0.2) is 4.79 Å². The predicted octanol–water partition coefficient (Wildman–Crippen LogP) is 3.69. The summed E-state index contributed by atoms with van der Waals surface area (Å²) in [5, 5.41) is 14.7. The number of methoxy groups -OCH3 is 1. The van der Waals surface area contributed by atoms with Crippen LogP contribution in [0.3, 0.4) is 0 Å². The largest absolute Gasteiger partial charge is 0.496 e. The van der Waals surface area contributed by atoms with Crippen molar-refractivity contribution < 1.29 is 24.0 Å². The van der Waals surface area contributed by atoms with Crippen molar-refractivity contribution in [3.63, 3.8) is 0 Å². The highest BCUT2D eigenvalue weighted by Crippen LogP contribution is 2.31. The number of nitro groups is 1. The van der Waals surface area contributed by atoms with Crippen LogP contribution < -0.4 is 15.0 Å². The molecule has 1 heterocycles. The minimum atomic E-state index is -0.606. The van der Waals surface area contributed by atoms with Gasteiger partial charge >= 0.3 is 5.97 Å². The maximum absolute atomic E-state index is 12.9. The topological polar surface area (TPSA) is 114 Å². The minimum absolute atomic E-state index is 0.128. The number of aryl methyl sites for hydroxylation is 1. The number of carbonyl (C=O) groups excluding carboxylic acids is 2. The van der Waals surface area contributed by atoms with E-state index < -0.39 is 10.9 Å². The van der Waals surface area contributed by atoms with E-state index in [0.717, 1.165) is 10.0 Å². The van der Waals surface area contributed by atoms with Gasteiger partial charge in [0.25, 0.3) is 11.6 Å². The van der Waals surface area contributed by atoms with Gasteiger partial charge in [0.2, 0.25) is 0 Å². The molecule has 3 rings (SSSR count). The lowest BCUT2D eigenvalue weighted by Crippen LogP contribution is -2.52. The maximum Gasteiger partial charge on any atom is 0.338 e. The van der Waals surface area contributed by atoms with E-state index in [1.165, 1.54) is 19.2 Å². The molecule has 1 aliphatic rings. The van der Waals surface area contributed by atoms with Gasteiger partial charge in [0.15, 0.2) is 5.11 Å². The highest BCUT2D eigenvalue weighted by atomic mass is 79.9. The van der Waals surface area contributed by atoms with Crippen molar-refractivity contribution in [2.75, 3.05) is 44.8 Å². The van der Waals surface area contributed by atoms with E-state index in [9.17, 15) is 19.7 Å². The zero-order valence-corrected chi connectivity index (χ0v) is 21.9. The number of benzene rings is 2. The SMILES string of the molecule is CCOC(=O)c1ccc(N2CCN(C(=S)NC(=O)c3cc(Br)cc(C)c3OC)CC2)c([N+](=O)[O-])c1. The first-order chi connectivity index (χ1) is 16.7. The van der Waals surface area contributed by atoms with Crippen LogP contribution in [0.5, 0.6) is 5.75 Å². The number of hydrogen-bond donors (Lipinski definition) is 1. The lowest BCUT2D eigenvalue weighted by atomic mass is 10.1. The first-order valence-corrected chi connectivity index (χ1v) is 12.0. The molecule has 2 aromatic rings. The van der Waals surface area contributed by atoms with Crippen molar-refractivity contribution >= 4 is 56.5 Å². The fraction of sp³-hybridized carbons (Fsp3) is 0.348. The third-order valence-corrected chi connectivity index (χ3v) is 6.32. The van der Waals surface area contributed by atoms with E-state index >= 15 is 0 Å². The summed E-state index contributed by atoms with van der Waals surface area (Å²) in [6.07, 6.45) is 0. The number of piperazine rings is 1. The number of ether oxygens (including phenoxy) is 2. The Morgan fingerprint density at radius 1 is 1.20 bits per heavy atom. The van der Waals surface area contributed by atoms with Gasteiger partial charge in [-0.1, -0.05) is 15.9 Å². The molecule has 0 aromatic heterocycles. The van der Waals surface area contributed by atoms with Gasteiger partial charge in [-0.2, -0.15) is 0 Å². The van der Waals surface area contributed by atoms with Crippen molar-refractivity contribution in [2.24, 2.45) is 0 Å². The van der Waals surface area contributed by atoms with Gasteiger partial charge in [-0.3, -0.25) is 20.2 Å². The van der Waals surface area contributed by atoms with Crippen molar-refractivity contribution in [1.82, 2.24) is 10.2 Å². The van der Waals surface area contributed by atoms with Gasteiger partial charge in [-0.15, -0.1) is 0 Å². The first kappa shape index (κ1) is 26.4. The molecule has 1 saturated heterocycles. The number of carbonyl (C=O) groups is 2. The van der Waals surface area contributed by atoms with Crippen LogP contribution >= 0.6 is 28.1 Å². The molecule has 0 spiro atoms. The second kappa shape index (κ2) is 11.5. The summed E-state index contributed by atoms with van der Waals surface area (Å²) in [7, 11) is 1.50. The molecule has 1 N–H and O–H groups in total. The summed E-state index contributed by atoms with van der Waals surface area (Å²) in [6.45, 7) is 5.47. The first-order valence-electron chi connectivity index (χ1n) is 10.8. The molecule has 0 aliphatic carbocycles. The molecule has 1 amide bonds. The van der Waals surface area contributed by atoms with Crippen LogP contribution in [0.4, 0.5) is 11.4 Å². The molecule has 2 aromatic carbocycles. The van der Waals surface area contributed by atoms with Crippen molar-refractivity contribution in [1.29, 1.82) is 0 Å². The summed E-state index contributed by atoms with van der Waals surface area (Å²) < 4.78 is 11.1. The Bertz CT molecular complexity index is 1170. The van der Waals surface area contributed by atoms with Crippen LogP contribution in [0.2, 0.25) is 0 Å². The Morgan fingerprint density at radius 2 is 1.89 bits per heavy atom. The van der Waals surface area contributed by atoms with Crippen molar-refractivity contribution in [3.8, 4) is 5.75 Å². The number of anilines is 1. The maximum atomic E-state index is 12.9. The van der Waals surface area contributed by atoms with E-state index in [4.69, 9.17) is 21.7 Å². The number of halogens is 1. The van der Waals surface area contributed by atoms with E-state index in [-0.39, 0.29) is 28.9 Å². The smallest absolute Gasteiger partial charge is 0.338 e. The quantitative estimate of drug-likeness (QED) is 0.243. The molecule has 0 atom stereocenters. The zero-order valence-electron chi connectivity index (χ0n) is 19.5. The van der Waals surface area contributed by atoms with Gasteiger partial charge in [0.05, 0.1) is 29.8 Å². The van der Waals surface area contributed by atoms with Crippen LogP contribution in [-0.4, -0.2) is 66.7 Å². The van der Waals surface area contributed by atoms with E-state index in [2.05, 4.69) is 21.2 Å². The molecular weight excluding hydrogens is 540 g/mol. The van der Waals surface area contributed by atoms with Gasteiger partial charge < -0.3 is 19.3 Å². The second-order valence-corrected chi connectivity index (χ2v) is 9.02. The third-order valence-electron chi connectivity index (χ3n) is 5.50. The molecule has 0 saturated carbocycles. The molecule has 35 heavy (non-hydrogen) atoms. The number of esters is 1. The van der Waals surface area contributed by atoms with Crippen LogP contribution in [0.1, 0.15) is 33.2 Å². The summed E-state index contributed by atoms with van der Waals surface area (Å²) in [5.41, 5.74) is 1.53. The highest BCUT2D eigenvalue weighted by molar-refractivity contribution is 9.10. The summed E-state index contributed by atoms with van der Waals surface area (Å²) in [6, 6.07) is 7.83. The molecular formula is C23H25BrN4O6S. The third kappa shape index (κ3) is 6.06. The lowest BCUT2D eigenvalue weighted by Gasteiger charge is -2.37. The normalized spacial score (nSPS) is 13.3. The zero-order chi connectivity index (χ0) is 25.7. The number of thiocarbonyl (C=S) groups is 1. The Balaban J connectivity index is 1.68. The molecule has 0 unspecified atom stereocenters. The van der Waals surface area contributed by atoms with Crippen LogP contribution in [-0.2, 0) is 4.74 Å². The fourth-order valence-electron chi connectivity index (χ4n) is 3.84. The average molecular weight is 565 g/mol. The van der Waals surface area contributed by atoms with Gasteiger partial charge in [0.1, 0.15) is 11.4 Å². The predicted molar refractivity (Wildman–Crippen MR) is 138 cm³/mol. The number of hydrogen-bond acceptors (Lipinski definition) is 8.